The van der Waals surface area contributed by atoms with Crippen molar-refractivity contribution in [3.8, 4) is 22.5 Å². The molecule has 6 aromatic rings. The fourth-order valence-corrected chi connectivity index (χ4v) is 6.09. The van der Waals surface area contributed by atoms with Crippen LogP contribution in [0.3, 0.4) is 0 Å². The first kappa shape index (κ1) is 27.0. The molecule has 1 radical (unpaired) electrons. The minimum atomic E-state index is -1.29. The zero-order valence-corrected chi connectivity index (χ0v) is 24.7. The van der Waals surface area contributed by atoms with Crippen LogP contribution in [0.15, 0.2) is 95.0 Å². The molecule has 3 heterocycles. The maximum Gasteiger partial charge on any atom is 0.123 e. The molecule has 195 valence electrons. The molecule has 7 rings (SSSR count). The Bertz CT molecular complexity index is 1890. The van der Waals surface area contributed by atoms with Crippen LogP contribution in [-0.2, 0) is 30.9 Å². The summed E-state index contributed by atoms with van der Waals surface area (Å²) >= 11 is 0. The van der Waals surface area contributed by atoms with E-state index in [-0.39, 0.29) is 25.9 Å². The maximum absolute atomic E-state index is 13.7. The van der Waals surface area contributed by atoms with Crippen molar-refractivity contribution in [1.29, 1.82) is 0 Å². The van der Waals surface area contributed by atoms with E-state index >= 15 is 0 Å². The minimum Gasteiger partial charge on any atom is -0.304 e. The Morgan fingerprint density at radius 1 is 0.846 bits per heavy atom. The van der Waals surface area contributed by atoms with Crippen molar-refractivity contribution in [1.82, 2.24) is 9.97 Å². The number of aryl methyl sites for hydroxylation is 3. The van der Waals surface area contributed by atoms with Crippen molar-refractivity contribution in [3.63, 3.8) is 0 Å². The number of halogens is 1. The summed E-state index contributed by atoms with van der Waals surface area (Å²) in [4.78, 5) is 10.3. The summed E-state index contributed by atoms with van der Waals surface area (Å²) in [6, 6.07) is 28.5. The Hall–Kier alpha value is -3.57. The molecular weight excluding hydrogens is 684 g/mol. The molecule has 0 spiro atoms. The molecule has 1 atom stereocenters. The van der Waals surface area contributed by atoms with Gasteiger partial charge in [-0.05, 0) is 81.5 Å². The molecular formula is C33H23FIrN2OS-2. The Morgan fingerprint density at radius 2 is 1.69 bits per heavy atom. The normalized spacial score (nSPS) is 13.3. The van der Waals surface area contributed by atoms with Crippen molar-refractivity contribution in [2.45, 2.75) is 30.6 Å². The molecule has 6 heteroatoms. The predicted molar refractivity (Wildman–Crippen MR) is 151 cm³/mol. The molecule has 1 aliphatic rings. The number of aromatic nitrogens is 2. The van der Waals surface area contributed by atoms with E-state index < -0.39 is 10.8 Å². The third kappa shape index (κ3) is 4.96. The quantitative estimate of drug-likeness (QED) is 0.129. The van der Waals surface area contributed by atoms with Crippen molar-refractivity contribution >= 4 is 32.3 Å². The van der Waals surface area contributed by atoms with Gasteiger partial charge in [0.25, 0.3) is 0 Å². The summed E-state index contributed by atoms with van der Waals surface area (Å²) in [6.45, 7) is 6.24. The van der Waals surface area contributed by atoms with E-state index in [0.29, 0.717) is 0 Å². The van der Waals surface area contributed by atoms with E-state index in [2.05, 4.69) is 61.1 Å². The van der Waals surface area contributed by atoms with Gasteiger partial charge in [-0.2, -0.15) is 0 Å². The third-order valence-electron chi connectivity index (χ3n) is 6.86. The Labute approximate surface area is 243 Å². The van der Waals surface area contributed by atoms with Gasteiger partial charge in [0.15, 0.2) is 0 Å². The molecule has 0 amide bonds. The molecule has 0 saturated heterocycles. The first-order chi connectivity index (χ1) is 18.4. The number of hydrogen-bond donors (Lipinski definition) is 0. The van der Waals surface area contributed by atoms with Crippen LogP contribution in [0.2, 0.25) is 0 Å². The van der Waals surface area contributed by atoms with Crippen LogP contribution in [0.5, 0.6) is 0 Å². The molecule has 0 fully saturated rings. The van der Waals surface area contributed by atoms with Gasteiger partial charge < -0.3 is 9.97 Å². The topological polar surface area (TPSA) is 42.9 Å². The summed E-state index contributed by atoms with van der Waals surface area (Å²) in [5.41, 5.74) is 7.31. The van der Waals surface area contributed by atoms with Crippen LogP contribution >= 0.6 is 0 Å². The van der Waals surface area contributed by atoms with Crippen LogP contribution in [0.1, 0.15) is 16.7 Å². The van der Waals surface area contributed by atoms with E-state index in [0.717, 1.165) is 53.9 Å². The fraction of sp³-hybridized carbons (Fsp3) is 0.0909. The van der Waals surface area contributed by atoms with E-state index in [4.69, 9.17) is 0 Å². The number of nitrogens with zero attached hydrogens (tertiary/aromatic N) is 2. The van der Waals surface area contributed by atoms with Crippen molar-refractivity contribution in [3.05, 3.63) is 120 Å². The maximum atomic E-state index is 13.7. The Kier molecular flexibility index (Phi) is 7.55. The van der Waals surface area contributed by atoms with Gasteiger partial charge >= 0.3 is 0 Å². The monoisotopic (exact) mass is 707 g/mol. The smallest absolute Gasteiger partial charge is 0.123 e. The molecule has 3 nitrogen and oxygen atoms in total. The van der Waals surface area contributed by atoms with Crippen molar-refractivity contribution in [2.75, 3.05) is 0 Å². The molecule has 4 aromatic carbocycles. The molecule has 0 saturated carbocycles. The zero-order valence-electron chi connectivity index (χ0n) is 21.5. The second-order valence-corrected chi connectivity index (χ2v) is 10.9. The van der Waals surface area contributed by atoms with Gasteiger partial charge in [-0.15, -0.1) is 65.2 Å². The number of fused-ring (bicyclic) bond motifs is 4. The van der Waals surface area contributed by atoms with Gasteiger partial charge in [-0.25, -0.2) is 4.39 Å². The molecule has 39 heavy (non-hydrogen) atoms. The van der Waals surface area contributed by atoms with Crippen molar-refractivity contribution in [2.24, 2.45) is 0 Å². The average Bonchev–Trinajstić information content (AvgIpc) is 2.94. The second kappa shape index (κ2) is 10.9. The van der Waals surface area contributed by atoms with Gasteiger partial charge in [-0.1, -0.05) is 24.6 Å². The van der Waals surface area contributed by atoms with E-state index in [9.17, 15) is 8.60 Å². The molecule has 1 unspecified atom stereocenters. The number of pyridine rings is 2. The van der Waals surface area contributed by atoms with Crippen molar-refractivity contribution < 1.29 is 28.7 Å². The zero-order chi connectivity index (χ0) is 26.4. The average molecular weight is 707 g/mol. The van der Waals surface area contributed by atoms with Crippen LogP contribution in [0, 0.1) is 38.7 Å². The van der Waals surface area contributed by atoms with E-state index in [1.807, 2.05) is 36.5 Å². The second-order valence-electron chi connectivity index (χ2n) is 9.43. The largest absolute Gasteiger partial charge is 0.304 e. The third-order valence-corrected chi connectivity index (χ3v) is 8.32. The molecule has 0 aliphatic carbocycles. The van der Waals surface area contributed by atoms with Gasteiger partial charge in [-0.3, -0.25) is 4.21 Å². The molecule has 1 aliphatic heterocycles. The fourth-order valence-electron chi connectivity index (χ4n) is 4.69. The molecule has 2 aromatic heterocycles. The van der Waals surface area contributed by atoms with Crippen LogP contribution in [-0.4, -0.2) is 14.2 Å². The number of benzene rings is 4. The summed E-state index contributed by atoms with van der Waals surface area (Å²) in [5.74, 6) is -0.282. The van der Waals surface area contributed by atoms with Crippen LogP contribution in [0.25, 0.3) is 44.1 Å². The standard InChI is InChI=1S/C19H9FNOS.C14H14N.Ir/c20-12-6-5-11-9-17-18-13(15(11)10-12)7-8-21-19(18)14-3-1-2-4-16(14)23(17)22;1-10-4-6-13(7-5-10)14-8-11(2)12(3)9-15-14;/h1-2,4-10H;4-6,8-9H,1-3H3;/q2*-1;. The Balaban J connectivity index is 0.000000169. The van der Waals surface area contributed by atoms with Crippen LogP contribution < -0.4 is 0 Å². The van der Waals surface area contributed by atoms with Gasteiger partial charge in [0.1, 0.15) is 5.82 Å². The number of hydrogen-bond acceptors (Lipinski definition) is 3. The van der Waals surface area contributed by atoms with E-state index in [1.165, 1.54) is 28.8 Å². The van der Waals surface area contributed by atoms with Gasteiger partial charge in [0.2, 0.25) is 0 Å². The predicted octanol–water partition coefficient (Wildman–Crippen LogP) is 7.95. The molecule has 0 N–H and O–H groups in total. The SMILES string of the molecule is Cc1c[c-]c(-c2cc(C)c(C)cn2)cc1.O=S1c2ccc[c-]c2-c2nccc3c2c1cc1ccc(F)cc13.[Ir]. The first-order valence-electron chi connectivity index (χ1n) is 12.3. The summed E-state index contributed by atoms with van der Waals surface area (Å²) < 4.78 is 26.7. The van der Waals surface area contributed by atoms with Gasteiger partial charge in [0.05, 0.1) is 0 Å². The van der Waals surface area contributed by atoms with Gasteiger partial charge in [0, 0.05) is 48.2 Å². The summed E-state index contributed by atoms with van der Waals surface area (Å²) in [5, 5.41) is 3.39. The summed E-state index contributed by atoms with van der Waals surface area (Å²) in [6.07, 6.45) is 3.63. The molecule has 0 bridgehead atoms. The minimum absolute atomic E-state index is 0. The summed E-state index contributed by atoms with van der Waals surface area (Å²) in [7, 11) is -1.29. The first-order valence-corrected chi connectivity index (χ1v) is 13.4. The van der Waals surface area contributed by atoms with Crippen LogP contribution in [0.4, 0.5) is 4.39 Å². The van der Waals surface area contributed by atoms with E-state index in [1.54, 1.807) is 18.3 Å². The Morgan fingerprint density at radius 3 is 2.46 bits per heavy atom. The number of rotatable bonds is 1.